The summed E-state index contributed by atoms with van der Waals surface area (Å²) >= 11 is 1.44. The van der Waals surface area contributed by atoms with Crippen LogP contribution in [0.4, 0.5) is 11.8 Å². The number of methoxy groups -OCH3 is 1. The zero-order valence-electron chi connectivity index (χ0n) is 11.5. The van der Waals surface area contributed by atoms with Gasteiger partial charge in [0, 0.05) is 38.3 Å². The molecule has 0 N–H and O–H groups in total. The average Bonchev–Trinajstić information content (AvgIpc) is 2.86. The maximum Gasteiger partial charge on any atom is 0.226 e. The molecule has 0 amide bonds. The van der Waals surface area contributed by atoms with E-state index in [1.165, 1.54) is 11.5 Å². The standard InChI is InChI=1S/C12H17N5OS/c1-16(2)12-13-6-5-10(14-12)17(3)8-9-7-11(18-4)15-19-9/h5-7H,8H2,1-4H3. The van der Waals surface area contributed by atoms with Crippen LogP contribution in [0.1, 0.15) is 4.88 Å². The maximum atomic E-state index is 5.08. The molecule has 2 heterocycles. The number of aromatic nitrogens is 3. The molecule has 0 aromatic carbocycles. The van der Waals surface area contributed by atoms with Crippen molar-refractivity contribution in [3.8, 4) is 5.88 Å². The van der Waals surface area contributed by atoms with Crippen molar-refractivity contribution in [2.75, 3.05) is 38.1 Å². The van der Waals surface area contributed by atoms with Gasteiger partial charge in [-0.15, -0.1) is 0 Å². The van der Waals surface area contributed by atoms with E-state index < -0.39 is 0 Å². The summed E-state index contributed by atoms with van der Waals surface area (Å²) < 4.78 is 9.26. The summed E-state index contributed by atoms with van der Waals surface area (Å²) in [7, 11) is 7.46. The summed E-state index contributed by atoms with van der Waals surface area (Å²) in [5.74, 6) is 2.24. The zero-order valence-corrected chi connectivity index (χ0v) is 12.3. The third-order valence-electron chi connectivity index (χ3n) is 2.56. The van der Waals surface area contributed by atoms with E-state index in [2.05, 4.69) is 19.2 Å². The second-order valence-corrected chi connectivity index (χ2v) is 5.19. The van der Waals surface area contributed by atoms with Crippen molar-refractivity contribution in [2.24, 2.45) is 0 Å². The molecule has 0 saturated heterocycles. The van der Waals surface area contributed by atoms with Crippen molar-refractivity contribution in [3.63, 3.8) is 0 Å². The van der Waals surface area contributed by atoms with Crippen LogP contribution < -0.4 is 14.5 Å². The molecule has 7 heteroatoms. The Kier molecular flexibility index (Phi) is 4.16. The fourth-order valence-electron chi connectivity index (χ4n) is 1.55. The van der Waals surface area contributed by atoms with Crippen molar-refractivity contribution in [2.45, 2.75) is 6.54 Å². The minimum Gasteiger partial charge on any atom is -0.480 e. The number of rotatable bonds is 5. The Morgan fingerprint density at radius 3 is 2.74 bits per heavy atom. The molecule has 0 unspecified atom stereocenters. The Morgan fingerprint density at radius 1 is 1.32 bits per heavy atom. The molecule has 0 aliphatic carbocycles. The summed E-state index contributed by atoms with van der Waals surface area (Å²) in [6.45, 7) is 0.741. The Bertz CT molecular complexity index is 542. The number of nitrogens with zero attached hydrogens (tertiary/aromatic N) is 5. The third-order valence-corrected chi connectivity index (χ3v) is 3.31. The van der Waals surface area contributed by atoms with Crippen molar-refractivity contribution >= 4 is 23.3 Å². The highest BCUT2D eigenvalue weighted by atomic mass is 32.1. The highest BCUT2D eigenvalue weighted by molar-refractivity contribution is 7.05. The van der Waals surface area contributed by atoms with E-state index in [9.17, 15) is 0 Å². The summed E-state index contributed by atoms with van der Waals surface area (Å²) in [5, 5.41) is 0. The molecule has 2 aromatic rings. The normalized spacial score (nSPS) is 10.3. The van der Waals surface area contributed by atoms with Crippen LogP contribution in [0.3, 0.4) is 0 Å². The van der Waals surface area contributed by atoms with E-state index in [0.717, 1.165) is 17.2 Å². The minimum atomic E-state index is 0.657. The molecule has 102 valence electrons. The van der Waals surface area contributed by atoms with Crippen molar-refractivity contribution in [1.82, 2.24) is 14.3 Å². The summed E-state index contributed by atoms with van der Waals surface area (Å²) in [6, 6.07) is 3.83. The maximum absolute atomic E-state index is 5.08. The van der Waals surface area contributed by atoms with Crippen LogP contribution in [0.25, 0.3) is 0 Å². The van der Waals surface area contributed by atoms with Crippen LogP contribution in [0, 0.1) is 0 Å². The molecule has 0 saturated carbocycles. The van der Waals surface area contributed by atoms with Crippen LogP contribution in [-0.2, 0) is 6.54 Å². The van der Waals surface area contributed by atoms with Gasteiger partial charge in [0.25, 0.3) is 0 Å². The molecule has 0 aliphatic rings. The predicted molar refractivity (Wildman–Crippen MR) is 77.1 cm³/mol. The topological polar surface area (TPSA) is 54.4 Å². The van der Waals surface area contributed by atoms with E-state index in [4.69, 9.17) is 4.74 Å². The second kappa shape index (κ2) is 5.83. The van der Waals surface area contributed by atoms with Crippen LogP contribution >= 0.6 is 11.5 Å². The Hall–Kier alpha value is -1.89. The second-order valence-electron chi connectivity index (χ2n) is 4.30. The van der Waals surface area contributed by atoms with Gasteiger partial charge in [0.1, 0.15) is 5.82 Å². The van der Waals surface area contributed by atoms with Crippen molar-refractivity contribution in [3.05, 3.63) is 23.2 Å². The lowest BCUT2D eigenvalue weighted by Crippen LogP contribution is -2.19. The smallest absolute Gasteiger partial charge is 0.226 e. The quantitative estimate of drug-likeness (QED) is 0.829. The Balaban J connectivity index is 2.10. The molecule has 0 radical (unpaired) electrons. The fraction of sp³-hybridized carbons (Fsp3) is 0.417. The third kappa shape index (κ3) is 3.31. The molecule has 19 heavy (non-hydrogen) atoms. The van der Waals surface area contributed by atoms with Gasteiger partial charge >= 0.3 is 0 Å². The van der Waals surface area contributed by atoms with Crippen LogP contribution in [0.5, 0.6) is 5.88 Å². The lowest BCUT2D eigenvalue weighted by atomic mass is 10.4. The lowest BCUT2D eigenvalue weighted by Gasteiger charge is -2.18. The monoisotopic (exact) mass is 279 g/mol. The minimum absolute atomic E-state index is 0.657. The summed E-state index contributed by atoms with van der Waals surface area (Å²) in [5.41, 5.74) is 0. The first-order chi connectivity index (χ1) is 9.10. The van der Waals surface area contributed by atoms with Crippen LogP contribution in [0.15, 0.2) is 18.3 Å². The predicted octanol–water partition coefficient (Wildman–Crippen LogP) is 1.64. The summed E-state index contributed by atoms with van der Waals surface area (Å²) in [6.07, 6.45) is 1.77. The van der Waals surface area contributed by atoms with E-state index in [-0.39, 0.29) is 0 Å². The first-order valence-electron chi connectivity index (χ1n) is 5.81. The Labute approximate surface area is 116 Å². The van der Waals surface area contributed by atoms with Crippen molar-refractivity contribution in [1.29, 1.82) is 0 Å². The van der Waals surface area contributed by atoms with Gasteiger partial charge in [0.2, 0.25) is 11.8 Å². The average molecular weight is 279 g/mol. The highest BCUT2D eigenvalue weighted by Crippen LogP contribution is 2.20. The first-order valence-corrected chi connectivity index (χ1v) is 6.58. The van der Waals surface area contributed by atoms with Gasteiger partial charge in [-0.2, -0.15) is 9.36 Å². The van der Waals surface area contributed by atoms with Gasteiger partial charge in [-0.1, -0.05) is 0 Å². The van der Waals surface area contributed by atoms with E-state index in [1.807, 2.05) is 38.2 Å². The molecule has 2 rings (SSSR count). The molecule has 2 aromatic heterocycles. The molecule has 0 atom stereocenters. The SMILES string of the molecule is COc1cc(CN(C)c2ccnc(N(C)C)n2)sn1. The van der Waals surface area contributed by atoms with Gasteiger partial charge in [0.15, 0.2) is 0 Å². The van der Waals surface area contributed by atoms with Gasteiger partial charge < -0.3 is 14.5 Å². The van der Waals surface area contributed by atoms with Gasteiger partial charge in [-0.25, -0.2) is 4.98 Å². The molecule has 0 aliphatic heterocycles. The first kappa shape index (κ1) is 13.5. The Morgan fingerprint density at radius 2 is 2.11 bits per heavy atom. The molecule has 0 spiro atoms. The molecular weight excluding hydrogens is 262 g/mol. The summed E-state index contributed by atoms with van der Waals surface area (Å²) in [4.78, 5) is 13.8. The number of hydrogen-bond acceptors (Lipinski definition) is 7. The fourth-order valence-corrected chi connectivity index (χ4v) is 2.29. The van der Waals surface area contributed by atoms with E-state index in [0.29, 0.717) is 11.8 Å². The molecule has 0 fully saturated rings. The van der Waals surface area contributed by atoms with Gasteiger partial charge in [-0.05, 0) is 17.6 Å². The highest BCUT2D eigenvalue weighted by Gasteiger charge is 2.09. The van der Waals surface area contributed by atoms with E-state index >= 15 is 0 Å². The largest absolute Gasteiger partial charge is 0.480 e. The van der Waals surface area contributed by atoms with Gasteiger partial charge in [0.05, 0.1) is 13.7 Å². The molecular formula is C12H17N5OS. The number of ether oxygens (including phenoxy) is 1. The lowest BCUT2D eigenvalue weighted by molar-refractivity contribution is 0.402. The number of anilines is 2. The molecule has 0 bridgehead atoms. The van der Waals surface area contributed by atoms with Crippen LogP contribution in [-0.4, -0.2) is 42.6 Å². The zero-order chi connectivity index (χ0) is 13.8. The van der Waals surface area contributed by atoms with Gasteiger partial charge in [-0.3, -0.25) is 0 Å². The molecule has 6 nitrogen and oxygen atoms in total. The van der Waals surface area contributed by atoms with Crippen LogP contribution in [0.2, 0.25) is 0 Å². The number of hydrogen-bond donors (Lipinski definition) is 0. The van der Waals surface area contributed by atoms with E-state index in [1.54, 1.807) is 13.3 Å². The van der Waals surface area contributed by atoms with Crippen molar-refractivity contribution < 1.29 is 4.74 Å².